The van der Waals surface area contributed by atoms with Gasteiger partial charge in [0.1, 0.15) is 11.9 Å². The van der Waals surface area contributed by atoms with Gasteiger partial charge in [0.05, 0.1) is 12.4 Å². The van der Waals surface area contributed by atoms with Crippen LogP contribution in [0.25, 0.3) is 0 Å². The highest BCUT2D eigenvalue weighted by atomic mass is 16.5. The fourth-order valence-corrected chi connectivity index (χ4v) is 3.31. The summed E-state index contributed by atoms with van der Waals surface area (Å²) in [5, 5.41) is 10.2. The maximum Gasteiger partial charge on any atom is 0.132 e. The molecule has 0 saturated carbocycles. The van der Waals surface area contributed by atoms with Crippen molar-refractivity contribution in [1.82, 2.24) is 4.90 Å². The van der Waals surface area contributed by atoms with Gasteiger partial charge in [-0.2, -0.15) is 0 Å². The van der Waals surface area contributed by atoms with E-state index in [0.717, 1.165) is 26.1 Å². The van der Waals surface area contributed by atoms with E-state index in [4.69, 9.17) is 9.15 Å². The lowest BCUT2D eigenvalue weighted by atomic mass is 10.0. The molecule has 19 heavy (non-hydrogen) atoms. The van der Waals surface area contributed by atoms with Gasteiger partial charge in [-0.3, -0.25) is 4.90 Å². The molecule has 2 aliphatic rings. The molecule has 2 fully saturated rings. The number of aliphatic hydroxyl groups is 1. The molecule has 3 unspecified atom stereocenters. The Morgan fingerprint density at radius 2 is 2.32 bits per heavy atom. The first-order chi connectivity index (χ1) is 9.33. The monoisotopic (exact) mass is 265 g/mol. The molecule has 2 saturated heterocycles. The van der Waals surface area contributed by atoms with Gasteiger partial charge < -0.3 is 14.3 Å². The third-order valence-electron chi connectivity index (χ3n) is 4.33. The summed E-state index contributed by atoms with van der Waals surface area (Å²) in [6.07, 6.45) is 7.08. The van der Waals surface area contributed by atoms with Crippen molar-refractivity contribution in [3.63, 3.8) is 0 Å². The summed E-state index contributed by atoms with van der Waals surface area (Å²) in [7, 11) is 0. The predicted molar refractivity (Wildman–Crippen MR) is 71.9 cm³/mol. The van der Waals surface area contributed by atoms with Crippen molar-refractivity contribution in [3.05, 3.63) is 24.2 Å². The Kier molecular flexibility index (Phi) is 4.21. The topological polar surface area (TPSA) is 45.8 Å². The van der Waals surface area contributed by atoms with Crippen LogP contribution >= 0.6 is 0 Å². The molecule has 0 bridgehead atoms. The molecule has 3 atom stereocenters. The Morgan fingerprint density at radius 1 is 1.37 bits per heavy atom. The third kappa shape index (κ3) is 3.19. The van der Waals surface area contributed by atoms with E-state index in [1.165, 1.54) is 25.7 Å². The zero-order valence-corrected chi connectivity index (χ0v) is 11.3. The fourth-order valence-electron chi connectivity index (χ4n) is 3.31. The van der Waals surface area contributed by atoms with E-state index >= 15 is 0 Å². The Morgan fingerprint density at radius 3 is 3.05 bits per heavy atom. The Bertz CT molecular complexity index is 373. The zero-order chi connectivity index (χ0) is 13.1. The summed E-state index contributed by atoms with van der Waals surface area (Å²) in [5.74, 6) is 0.684. The summed E-state index contributed by atoms with van der Waals surface area (Å²) in [6.45, 7) is 3.07. The van der Waals surface area contributed by atoms with E-state index in [9.17, 15) is 5.11 Å². The maximum absolute atomic E-state index is 10.2. The Labute approximate surface area is 114 Å². The van der Waals surface area contributed by atoms with Crippen molar-refractivity contribution < 1.29 is 14.3 Å². The van der Waals surface area contributed by atoms with Crippen LogP contribution in [0.15, 0.2) is 22.8 Å². The second kappa shape index (κ2) is 6.07. The average molecular weight is 265 g/mol. The summed E-state index contributed by atoms with van der Waals surface area (Å²) in [6, 6.07) is 4.14. The number of aliphatic hydroxyl groups excluding tert-OH is 1. The molecule has 1 aromatic heterocycles. The van der Waals surface area contributed by atoms with E-state index in [-0.39, 0.29) is 0 Å². The van der Waals surface area contributed by atoms with Crippen LogP contribution in [0.3, 0.4) is 0 Å². The minimum absolute atomic E-state index is 0.404. The van der Waals surface area contributed by atoms with Gasteiger partial charge in [-0.1, -0.05) is 0 Å². The first kappa shape index (κ1) is 13.2. The highest BCUT2D eigenvalue weighted by Gasteiger charge is 2.30. The van der Waals surface area contributed by atoms with Crippen molar-refractivity contribution in [2.24, 2.45) is 0 Å². The SMILES string of the molecule is OC(CC1CCCN1CC1CCCO1)c1ccco1. The first-order valence-corrected chi connectivity index (χ1v) is 7.40. The van der Waals surface area contributed by atoms with Crippen LogP contribution in [0.4, 0.5) is 0 Å². The van der Waals surface area contributed by atoms with Crippen molar-refractivity contribution in [1.29, 1.82) is 0 Å². The van der Waals surface area contributed by atoms with Crippen molar-refractivity contribution in [2.75, 3.05) is 19.7 Å². The molecule has 0 aliphatic carbocycles. The predicted octanol–water partition coefficient (Wildman–Crippen LogP) is 2.35. The average Bonchev–Trinajstić information content (AvgIpc) is 3.12. The van der Waals surface area contributed by atoms with E-state index < -0.39 is 6.10 Å². The lowest BCUT2D eigenvalue weighted by molar-refractivity contribution is 0.0521. The molecule has 1 N–H and O–H groups in total. The van der Waals surface area contributed by atoms with E-state index in [2.05, 4.69) is 4.90 Å². The van der Waals surface area contributed by atoms with Gasteiger partial charge in [-0.05, 0) is 50.8 Å². The number of rotatable bonds is 5. The van der Waals surface area contributed by atoms with Crippen LogP contribution in [0, 0.1) is 0 Å². The molecule has 0 aromatic carbocycles. The smallest absolute Gasteiger partial charge is 0.132 e. The summed E-state index contributed by atoms with van der Waals surface area (Å²) < 4.78 is 11.0. The normalized spacial score (nSPS) is 29.9. The molecule has 106 valence electrons. The van der Waals surface area contributed by atoms with Gasteiger partial charge in [0.25, 0.3) is 0 Å². The van der Waals surface area contributed by atoms with Crippen LogP contribution in [0.2, 0.25) is 0 Å². The molecular weight excluding hydrogens is 242 g/mol. The fraction of sp³-hybridized carbons (Fsp3) is 0.733. The Balaban J connectivity index is 1.53. The van der Waals surface area contributed by atoms with E-state index in [1.807, 2.05) is 12.1 Å². The van der Waals surface area contributed by atoms with Crippen LogP contribution in [-0.2, 0) is 4.74 Å². The summed E-state index contributed by atoms with van der Waals surface area (Å²) in [5.41, 5.74) is 0. The molecular formula is C15H23NO3. The Hall–Kier alpha value is -0.840. The molecule has 3 rings (SSSR count). The number of nitrogens with zero attached hydrogens (tertiary/aromatic N) is 1. The van der Waals surface area contributed by atoms with Gasteiger partial charge in [-0.25, -0.2) is 0 Å². The van der Waals surface area contributed by atoms with Crippen molar-refractivity contribution >= 4 is 0 Å². The van der Waals surface area contributed by atoms with Gasteiger partial charge in [-0.15, -0.1) is 0 Å². The molecule has 1 aromatic rings. The summed E-state index contributed by atoms with van der Waals surface area (Å²) >= 11 is 0. The third-order valence-corrected chi connectivity index (χ3v) is 4.33. The molecule has 3 heterocycles. The van der Waals surface area contributed by atoms with Gasteiger partial charge >= 0.3 is 0 Å². The summed E-state index contributed by atoms with van der Waals surface area (Å²) in [4.78, 5) is 2.49. The second-order valence-electron chi connectivity index (χ2n) is 5.69. The van der Waals surface area contributed by atoms with Crippen molar-refractivity contribution in [3.8, 4) is 0 Å². The minimum atomic E-state index is -0.481. The minimum Gasteiger partial charge on any atom is -0.467 e. The number of hydrogen-bond donors (Lipinski definition) is 1. The quantitative estimate of drug-likeness (QED) is 0.887. The molecule has 0 amide bonds. The number of ether oxygens (including phenoxy) is 1. The number of furan rings is 1. The number of likely N-dealkylation sites (tertiary alicyclic amines) is 1. The number of hydrogen-bond acceptors (Lipinski definition) is 4. The zero-order valence-electron chi connectivity index (χ0n) is 11.3. The second-order valence-corrected chi connectivity index (χ2v) is 5.69. The highest BCUT2D eigenvalue weighted by Crippen LogP contribution is 2.28. The molecule has 0 spiro atoms. The van der Waals surface area contributed by atoms with Crippen LogP contribution < -0.4 is 0 Å². The molecule has 2 aliphatic heterocycles. The van der Waals surface area contributed by atoms with Gasteiger partial charge in [0.2, 0.25) is 0 Å². The van der Waals surface area contributed by atoms with Gasteiger partial charge in [0, 0.05) is 19.2 Å². The molecule has 4 nitrogen and oxygen atoms in total. The standard InChI is InChI=1S/C15H23NO3/c17-14(15-6-3-9-19-15)10-12-4-1-7-16(12)11-13-5-2-8-18-13/h3,6,9,12-14,17H,1-2,4-5,7-8,10-11H2. The molecule has 0 radical (unpaired) electrons. The van der Waals surface area contributed by atoms with Crippen LogP contribution in [0.1, 0.15) is 44.0 Å². The molecule has 4 heteroatoms. The first-order valence-electron chi connectivity index (χ1n) is 7.40. The van der Waals surface area contributed by atoms with E-state index in [0.29, 0.717) is 17.9 Å². The van der Waals surface area contributed by atoms with Crippen LogP contribution in [-0.4, -0.2) is 41.8 Å². The van der Waals surface area contributed by atoms with Gasteiger partial charge in [0.15, 0.2) is 0 Å². The maximum atomic E-state index is 10.2. The highest BCUT2D eigenvalue weighted by molar-refractivity contribution is 5.02. The lowest BCUT2D eigenvalue weighted by Gasteiger charge is -2.28. The van der Waals surface area contributed by atoms with Crippen LogP contribution in [0.5, 0.6) is 0 Å². The lowest BCUT2D eigenvalue weighted by Crippen LogP contribution is -2.36. The van der Waals surface area contributed by atoms with Crippen molar-refractivity contribution in [2.45, 2.75) is 50.4 Å². The largest absolute Gasteiger partial charge is 0.467 e. The van der Waals surface area contributed by atoms with E-state index in [1.54, 1.807) is 6.26 Å².